The third-order valence-electron chi connectivity index (χ3n) is 3.26. The Balaban J connectivity index is 2.54. The summed E-state index contributed by atoms with van der Waals surface area (Å²) in [5.74, 6) is -0.360. The van der Waals surface area contributed by atoms with Gasteiger partial charge < -0.3 is 5.11 Å². The molecule has 0 aliphatic rings. The third kappa shape index (κ3) is 3.89. The third-order valence-corrected chi connectivity index (χ3v) is 3.26. The van der Waals surface area contributed by atoms with E-state index in [0.717, 1.165) is 0 Å². The number of nitrogens with zero attached hydrogens (tertiary/aromatic N) is 1. The Bertz CT molecular complexity index is 401. The molecule has 0 bridgehead atoms. The van der Waals surface area contributed by atoms with Crippen LogP contribution in [-0.2, 0) is 0 Å². The molecule has 0 saturated carbocycles. The second kappa shape index (κ2) is 6.07. The molecule has 1 aromatic carbocycles. The van der Waals surface area contributed by atoms with Gasteiger partial charge in [-0.1, -0.05) is 0 Å². The summed E-state index contributed by atoms with van der Waals surface area (Å²) in [6, 6.07) is 5.56. The molecule has 0 radical (unpaired) electrons. The lowest BCUT2D eigenvalue weighted by Crippen LogP contribution is -2.45. The van der Waals surface area contributed by atoms with Crippen molar-refractivity contribution in [2.45, 2.75) is 25.8 Å². The average Bonchev–Trinajstić information content (AvgIpc) is 2.36. The van der Waals surface area contributed by atoms with E-state index in [1.807, 2.05) is 25.8 Å². The number of Topliss-reactive ketones (excluding diaryl/α,β-unsaturated/α-hetero) is 1. The number of benzene rings is 1. The van der Waals surface area contributed by atoms with Gasteiger partial charge in [0.25, 0.3) is 0 Å². The van der Waals surface area contributed by atoms with E-state index in [4.69, 9.17) is 0 Å². The van der Waals surface area contributed by atoms with E-state index in [9.17, 15) is 14.3 Å². The lowest BCUT2D eigenvalue weighted by molar-refractivity contribution is 0.0725. The topological polar surface area (TPSA) is 40.5 Å². The Morgan fingerprint density at radius 1 is 1.33 bits per heavy atom. The number of carbonyl (C=O) groups is 1. The van der Waals surface area contributed by atoms with E-state index in [-0.39, 0.29) is 23.7 Å². The molecule has 3 nitrogen and oxygen atoms in total. The van der Waals surface area contributed by atoms with Crippen molar-refractivity contribution < 1.29 is 14.3 Å². The number of likely N-dealkylation sites (N-methyl/N-ethyl adjacent to an activating group) is 1. The molecule has 4 heteroatoms. The standard InChI is InChI=1S/C14H20FNO2/c1-14(2,10-17)16(3)9-8-13(18)11-4-6-12(15)7-5-11/h4-7,17H,8-10H2,1-3H3. The Morgan fingerprint density at radius 3 is 2.39 bits per heavy atom. The van der Waals surface area contributed by atoms with Crippen molar-refractivity contribution >= 4 is 5.78 Å². The summed E-state index contributed by atoms with van der Waals surface area (Å²) < 4.78 is 12.7. The summed E-state index contributed by atoms with van der Waals surface area (Å²) in [5, 5.41) is 9.21. The summed E-state index contributed by atoms with van der Waals surface area (Å²) in [7, 11) is 1.87. The maximum absolute atomic E-state index is 12.7. The maximum atomic E-state index is 12.7. The summed E-state index contributed by atoms with van der Waals surface area (Å²) in [6.07, 6.45) is 0.353. The summed E-state index contributed by atoms with van der Waals surface area (Å²) in [4.78, 5) is 13.8. The molecule has 0 atom stereocenters. The van der Waals surface area contributed by atoms with Gasteiger partial charge in [0.2, 0.25) is 0 Å². The molecule has 0 amide bonds. The van der Waals surface area contributed by atoms with Crippen LogP contribution in [0.15, 0.2) is 24.3 Å². The normalized spacial score (nSPS) is 11.9. The summed E-state index contributed by atoms with van der Waals surface area (Å²) in [5.41, 5.74) is 0.176. The van der Waals surface area contributed by atoms with Gasteiger partial charge in [-0.3, -0.25) is 9.69 Å². The van der Waals surface area contributed by atoms with Crippen LogP contribution in [0.3, 0.4) is 0 Å². The Kier molecular flexibility index (Phi) is 4.99. The molecule has 100 valence electrons. The van der Waals surface area contributed by atoms with Gasteiger partial charge in [-0.2, -0.15) is 0 Å². The second-order valence-corrected chi connectivity index (χ2v) is 5.07. The molecular weight excluding hydrogens is 233 g/mol. The van der Waals surface area contributed by atoms with Gasteiger partial charge in [0.1, 0.15) is 5.82 Å². The van der Waals surface area contributed by atoms with Crippen molar-refractivity contribution in [2.75, 3.05) is 20.2 Å². The molecule has 0 fully saturated rings. The van der Waals surface area contributed by atoms with Gasteiger partial charge in [-0.05, 0) is 45.2 Å². The van der Waals surface area contributed by atoms with Crippen molar-refractivity contribution in [2.24, 2.45) is 0 Å². The number of hydrogen-bond acceptors (Lipinski definition) is 3. The molecule has 0 heterocycles. The molecule has 0 unspecified atom stereocenters. The van der Waals surface area contributed by atoms with Gasteiger partial charge >= 0.3 is 0 Å². The van der Waals surface area contributed by atoms with Crippen molar-refractivity contribution in [3.05, 3.63) is 35.6 Å². The van der Waals surface area contributed by atoms with Crippen LogP contribution < -0.4 is 0 Å². The number of rotatable bonds is 6. The molecule has 0 aromatic heterocycles. The molecule has 18 heavy (non-hydrogen) atoms. The Morgan fingerprint density at radius 2 is 1.89 bits per heavy atom. The maximum Gasteiger partial charge on any atom is 0.164 e. The first kappa shape index (κ1) is 14.8. The van der Waals surface area contributed by atoms with E-state index in [1.54, 1.807) is 0 Å². The van der Waals surface area contributed by atoms with Gasteiger partial charge in [-0.15, -0.1) is 0 Å². The number of carbonyl (C=O) groups excluding carboxylic acids is 1. The van der Waals surface area contributed by atoms with Crippen LogP contribution in [0.2, 0.25) is 0 Å². The smallest absolute Gasteiger partial charge is 0.164 e. The largest absolute Gasteiger partial charge is 0.394 e. The molecule has 1 aromatic rings. The fraction of sp³-hybridized carbons (Fsp3) is 0.500. The lowest BCUT2D eigenvalue weighted by Gasteiger charge is -2.33. The minimum atomic E-state index is -0.344. The van der Waals surface area contributed by atoms with Crippen molar-refractivity contribution in [3.63, 3.8) is 0 Å². The van der Waals surface area contributed by atoms with E-state index in [1.165, 1.54) is 24.3 Å². The zero-order chi connectivity index (χ0) is 13.8. The number of aliphatic hydroxyl groups excluding tert-OH is 1. The predicted molar refractivity (Wildman–Crippen MR) is 69.1 cm³/mol. The first-order chi connectivity index (χ1) is 8.36. The van der Waals surface area contributed by atoms with Crippen LogP contribution in [0.5, 0.6) is 0 Å². The van der Waals surface area contributed by atoms with E-state index in [0.29, 0.717) is 18.5 Å². The zero-order valence-corrected chi connectivity index (χ0v) is 11.1. The molecular formula is C14H20FNO2. The number of hydrogen-bond donors (Lipinski definition) is 1. The SMILES string of the molecule is CN(CCC(=O)c1ccc(F)cc1)C(C)(C)CO. The van der Waals surface area contributed by atoms with Gasteiger partial charge in [0.05, 0.1) is 6.61 Å². The average molecular weight is 253 g/mol. The second-order valence-electron chi connectivity index (χ2n) is 5.07. The highest BCUT2D eigenvalue weighted by atomic mass is 19.1. The highest BCUT2D eigenvalue weighted by Gasteiger charge is 2.22. The summed E-state index contributed by atoms with van der Waals surface area (Å²) >= 11 is 0. The molecule has 0 saturated heterocycles. The summed E-state index contributed by atoms with van der Waals surface area (Å²) in [6.45, 7) is 4.42. The highest BCUT2D eigenvalue weighted by Crippen LogP contribution is 2.13. The molecule has 0 spiro atoms. The number of aliphatic hydroxyl groups is 1. The monoisotopic (exact) mass is 253 g/mol. The van der Waals surface area contributed by atoms with Crippen molar-refractivity contribution in [3.8, 4) is 0 Å². The predicted octanol–water partition coefficient (Wildman–Crippen LogP) is 2.10. The quantitative estimate of drug-likeness (QED) is 0.789. The lowest BCUT2D eigenvalue weighted by atomic mass is 10.0. The van der Waals surface area contributed by atoms with E-state index in [2.05, 4.69) is 0 Å². The zero-order valence-electron chi connectivity index (χ0n) is 11.1. The van der Waals surface area contributed by atoms with Crippen LogP contribution in [-0.4, -0.2) is 41.5 Å². The van der Waals surface area contributed by atoms with Crippen molar-refractivity contribution in [1.29, 1.82) is 0 Å². The van der Waals surface area contributed by atoms with E-state index < -0.39 is 0 Å². The molecule has 1 rings (SSSR count). The van der Waals surface area contributed by atoms with Crippen LogP contribution in [0.25, 0.3) is 0 Å². The van der Waals surface area contributed by atoms with Crippen LogP contribution in [0, 0.1) is 5.82 Å². The Hall–Kier alpha value is -1.26. The Labute approximate surface area is 107 Å². The van der Waals surface area contributed by atoms with Gasteiger partial charge in [0.15, 0.2) is 5.78 Å². The highest BCUT2D eigenvalue weighted by molar-refractivity contribution is 5.96. The number of halogens is 1. The van der Waals surface area contributed by atoms with Crippen LogP contribution in [0.1, 0.15) is 30.6 Å². The van der Waals surface area contributed by atoms with E-state index >= 15 is 0 Å². The minimum absolute atomic E-state index is 0.0180. The first-order valence-electron chi connectivity index (χ1n) is 5.97. The fourth-order valence-electron chi connectivity index (χ4n) is 1.47. The van der Waals surface area contributed by atoms with Gasteiger partial charge in [-0.25, -0.2) is 4.39 Å². The molecule has 0 aliphatic heterocycles. The molecule has 1 N–H and O–H groups in total. The van der Waals surface area contributed by atoms with Crippen LogP contribution >= 0.6 is 0 Å². The van der Waals surface area contributed by atoms with Gasteiger partial charge in [0, 0.05) is 24.1 Å². The number of ketones is 1. The first-order valence-corrected chi connectivity index (χ1v) is 5.97. The minimum Gasteiger partial charge on any atom is -0.394 e. The van der Waals surface area contributed by atoms with Crippen LogP contribution in [0.4, 0.5) is 4.39 Å². The van der Waals surface area contributed by atoms with Crippen molar-refractivity contribution in [1.82, 2.24) is 4.90 Å². The fourth-order valence-corrected chi connectivity index (χ4v) is 1.47. The molecule has 0 aliphatic carbocycles.